The van der Waals surface area contributed by atoms with E-state index in [0.717, 1.165) is 12.1 Å². The lowest BCUT2D eigenvalue weighted by atomic mass is 10.1. The number of nitrogens with zero attached hydrogens (tertiary/aromatic N) is 4. The molecule has 0 amide bonds. The number of hydrogen-bond acceptors (Lipinski definition) is 6. The molecule has 0 N–H and O–H groups in total. The molecule has 1 unspecified atom stereocenters. The van der Waals surface area contributed by atoms with E-state index in [4.69, 9.17) is 9.40 Å². The van der Waals surface area contributed by atoms with Crippen molar-refractivity contribution < 1.29 is 4.42 Å². The fourth-order valence-corrected chi connectivity index (χ4v) is 3.94. The highest BCUT2D eigenvalue weighted by atomic mass is 32.2. The highest BCUT2D eigenvalue weighted by molar-refractivity contribution is 7.99. The zero-order valence-electron chi connectivity index (χ0n) is 15.9. The van der Waals surface area contributed by atoms with Crippen LogP contribution in [0.2, 0.25) is 0 Å². The van der Waals surface area contributed by atoms with Crippen LogP contribution in [0.3, 0.4) is 0 Å². The number of aryl methyl sites for hydroxylation is 2. The van der Waals surface area contributed by atoms with E-state index in [-0.39, 0.29) is 10.8 Å². The second kappa shape index (κ2) is 7.59. The van der Waals surface area contributed by atoms with Crippen LogP contribution in [-0.2, 0) is 6.42 Å². The highest BCUT2D eigenvalue weighted by Gasteiger charge is 2.20. The molecule has 2 aromatic carbocycles. The number of para-hydroxylation sites is 1. The first-order valence-electron chi connectivity index (χ1n) is 9.14. The molecule has 4 rings (SSSR count). The van der Waals surface area contributed by atoms with E-state index in [2.05, 4.69) is 17.1 Å². The molecule has 1 atom stereocenters. The van der Waals surface area contributed by atoms with Crippen LogP contribution in [0.1, 0.15) is 36.4 Å². The lowest BCUT2D eigenvalue weighted by Gasteiger charge is -2.15. The molecule has 2 aromatic heterocycles. The van der Waals surface area contributed by atoms with Gasteiger partial charge < -0.3 is 4.42 Å². The Bertz CT molecular complexity index is 1180. The zero-order valence-corrected chi connectivity index (χ0v) is 16.7. The van der Waals surface area contributed by atoms with Gasteiger partial charge in [0.05, 0.1) is 21.8 Å². The summed E-state index contributed by atoms with van der Waals surface area (Å²) in [5.41, 5.74) is 2.59. The van der Waals surface area contributed by atoms with Crippen molar-refractivity contribution in [3.05, 3.63) is 76.2 Å². The predicted octanol–water partition coefficient (Wildman–Crippen LogP) is 4.49. The van der Waals surface area contributed by atoms with Gasteiger partial charge in [-0.05, 0) is 43.2 Å². The molecule has 0 radical (unpaired) electrons. The maximum absolute atomic E-state index is 13.3. The van der Waals surface area contributed by atoms with Gasteiger partial charge >= 0.3 is 0 Å². The monoisotopic (exact) mass is 392 g/mol. The number of fused-ring (bicyclic) bond motifs is 1. The van der Waals surface area contributed by atoms with Crippen molar-refractivity contribution in [1.82, 2.24) is 19.7 Å². The summed E-state index contributed by atoms with van der Waals surface area (Å²) in [5, 5.41) is 9.04. The van der Waals surface area contributed by atoms with Crippen LogP contribution in [0.15, 0.2) is 62.9 Å². The van der Waals surface area contributed by atoms with Crippen molar-refractivity contribution in [3.8, 4) is 5.69 Å². The third kappa shape index (κ3) is 3.45. The molecule has 7 heteroatoms. The fourth-order valence-electron chi connectivity index (χ4n) is 2.98. The quantitative estimate of drug-likeness (QED) is 0.368. The van der Waals surface area contributed by atoms with Crippen LogP contribution in [0, 0.1) is 6.92 Å². The van der Waals surface area contributed by atoms with Gasteiger partial charge in [0.25, 0.3) is 5.56 Å². The standard InChI is InChI=1S/C21H20N4O2S/c1-4-15-9-11-16(12-10-15)25-20(26)17-7-5-6-8-18(17)22-21(25)28-13(2)19-24-23-14(3)27-19/h5-13H,4H2,1-3H3. The molecule has 0 spiro atoms. The summed E-state index contributed by atoms with van der Waals surface area (Å²) in [5.74, 6) is 1.03. The van der Waals surface area contributed by atoms with Gasteiger partial charge in [-0.25, -0.2) is 4.98 Å². The molecule has 28 heavy (non-hydrogen) atoms. The highest BCUT2D eigenvalue weighted by Crippen LogP contribution is 2.34. The van der Waals surface area contributed by atoms with Gasteiger partial charge in [-0.1, -0.05) is 43.0 Å². The second-order valence-corrected chi connectivity index (χ2v) is 7.80. The number of hydrogen-bond donors (Lipinski definition) is 0. The van der Waals surface area contributed by atoms with E-state index in [9.17, 15) is 4.79 Å². The third-order valence-corrected chi connectivity index (χ3v) is 5.56. The first-order valence-corrected chi connectivity index (χ1v) is 10.0. The summed E-state index contributed by atoms with van der Waals surface area (Å²) in [4.78, 5) is 18.0. The molecule has 2 heterocycles. The number of benzene rings is 2. The maximum Gasteiger partial charge on any atom is 0.266 e. The van der Waals surface area contributed by atoms with Gasteiger partial charge in [-0.2, -0.15) is 0 Å². The Morgan fingerprint density at radius 1 is 1.11 bits per heavy atom. The van der Waals surface area contributed by atoms with Crippen LogP contribution in [-0.4, -0.2) is 19.7 Å². The number of aromatic nitrogens is 4. The molecule has 0 fully saturated rings. The lowest BCUT2D eigenvalue weighted by molar-refractivity contribution is 0.470. The average molecular weight is 392 g/mol. The Morgan fingerprint density at radius 3 is 2.54 bits per heavy atom. The first kappa shape index (κ1) is 18.4. The fraction of sp³-hybridized carbons (Fsp3) is 0.238. The van der Waals surface area contributed by atoms with Crippen molar-refractivity contribution in [2.24, 2.45) is 0 Å². The average Bonchev–Trinajstić information content (AvgIpc) is 3.15. The molecule has 0 aliphatic heterocycles. The molecule has 0 saturated carbocycles. The molecule has 4 aromatic rings. The molecule has 0 aliphatic rings. The van der Waals surface area contributed by atoms with Gasteiger partial charge in [0, 0.05) is 6.92 Å². The zero-order chi connectivity index (χ0) is 19.7. The summed E-state index contributed by atoms with van der Waals surface area (Å²) < 4.78 is 7.21. The number of thioether (sulfide) groups is 1. The Morgan fingerprint density at radius 2 is 1.86 bits per heavy atom. The minimum atomic E-state index is -0.143. The summed E-state index contributed by atoms with van der Waals surface area (Å²) in [6, 6.07) is 15.4. The normalized spacial score (nSPS) is 12.4. The van der Waals surface area contributed by atoms with Crippen LogP contribution < -0.4 is 5.56 Å². The van der Waals surface area contributed by atoms with Crippen molar-refractivity contribution in [1.29, 1.82) is 0 Å². The van der Waals surface area contributed by atoms with Crippen LogP contribution in [0.25, 0.3) is 16.6 Å². The van der Waals surface area contributed by atoms with Crippen molar-refractivity contribution in [2.45, 2.75) is 37.6 Å². The summed E-state index contributed by atoms with van der Waals surface area (Å²) >= 11 is 1.43. The molecule has 6 nitrogen and oxygen atoms in total. The van der Waals surface area contributed by atoms with Crippen LogP contribution >= 0.6 is 11.8 Å². The van der Waals surface area contributed by atoms with Crippen molar-refractivity contribution in [2.75, 3.05) is 0 Å². The first-order chi connectivity index (χ1) is 13.6. The van der Waals surface area contributed by atoms with E-state index >= 15 is 0 Å². The maximum atomic E-state index is 13.3. The molecular formula is C21H20N4O2S. The third-order valence-electron chi connectivity index (χ3n) is 4.52. The Hall–Kier alpha value is -2.93. The van der Waals surface area contributed by atoms with Crippen LogP contribution in [0.4, 0.5) is 0 Å². The van der Waals surface area contributed by atoms with Gasteiger partial charge in [0.1, 0.15) is 0 Å². The van der Waals surface area contributed by atoms with Gasteiger partial charge in [-0.3, -0.25) is 9.36 Å². The smallest absolute Gasteiger partial charge is 0.266 e. The lowest BCUT2D eigenvalue weighted by Crippen LogP contribution is -2.22. The summed E-state index contributed by atoms with van der Waals surface area (Å²) in [6.07, 6.45) is 0.945. The largest absolute Gasteiger partial charge is 0.424 e. The Labute approximate surface area is 166 Å². The van der Waals surface area contributed by atoms with E-state index < -0.39 is 0 Å². The predicted molar refractivity (Wildman–Crippen MR) is 110 cm³/mol. The summed E-state index contributed by atoms with van der Waals surface area (Å²) in [6.45, 7) is 5.82. The minimum Gasteiger partial charge on any atom is -0.424 e. The van der Waals surface area contributed by atoms with Gasteiger partial charge in [0.2, 0.25) is 11.8 Å². The molecular weight excluding hydrogens is 372 g/mol. The van der Waals surface area contributed by atoms with E-state index in [1.165, 1.54) is 17.3 Å². The SMILES string of the molecule is CCc1ccc(-n2c(SC(C)c3nnc(C)o3)nc3ccccc3c2=O)cc1. The topological polar surface area (TPSA) is 73.8 Å². The van der Waals surface area contributed by atoms with Gasteiger partial charge in [0.15, 0.2) is 5.16 Å². The number of rotatable bonds is 5. The second-order valence-electron chi connectivity index (χ2n) is 6.49. The molecule has 0 saturated heterocycles. The minimum absolute atomic E-state index is 0.0914. The van der Waals surface area contributed by atoms with Crippen molar-refractivity contribution in [3.63, 3.8) is 0 Å². The Kier molecular flexibility index (Phi) is 5.00. The Balaban J connectivity index is 1.86. The molecule has 0 aliphatic carbocycles. The van der Waals surface area contributed by atoms with Gasteiger partial charge in [-0.15, -0.1) is 10.2 Å². The molecule has 142 valence electrons. The van der Waals surface area contributed by atoms with E-state index in [1.807, 2.05) is 49.4 Å². The summed E-state index contributed by atoms with van der Waals surface area (Å²) in [7, 11) is 0. The van der Waals surface area contributed by atoms with Crippen LogP contribution in [0.5, 0.6) is 0 Å². The molecule has 0 bridgehead atoms. The van der Waals surface area contributed by atoms with E-state index in [1.54, 1.807) is 17.6 Å². The van der Waals surface area contributed by atoms with E-state index in [0.29, 0.717) is 27.8 Å². The van der Waals surface area contributed by atoms with Crippen molar-refractivity contribution >= 4 is 22.7 Å².